The van der Waals surface area contributed by atoms with Crippen LogP contribution in [0.5, 0.6) is 0 Å². The molecule has 124 valence electrons. The Balaban J connectivity index is 2.00. The van der Waals surface area contributed by atoms with Crippen LogP contribution in [-0.4, -0.2) is 40.3 Å². The van der Waals surface area contributed by atoms with Crippen molar-refractivity contribution in [3.05, 3.63) is 33.8 Å². The van der Waals surface area contributed by atoms with Gasteiger partial charge in [-0.2, -0.15) is 0 Å². The van der Waals surface area contributed by atoms with E-state index in [1.165, 1.54) is 23.1 Å². The van der Waals surface area contributed by atoms with E-state index in [1.54, 1.807) is 0 Å². The summed E-state index contributed by atoms with van der Waals surface area (Å²) in [5, 5.41) is 10.2. The molecule has 1 saturated carbocycles. The number of benzene rings is 1. The van der Waals surface area contributed by atoms with Crippen molar-refractivity contribution in [2.75, 3.05) is 6.61 Å². The minimum atomic E-state index is -1.06. The molecule has 1 aliphatic heterocycles. The smallest absolute Gasteiger partial charge is 0.328 e. The molecular formula is C16H17Cl2NO4. The fourth-order valence-corrected chi connectivity index (χ4v) is 4.00. The molecule has 1 N–H and O–H groups in total. The van der Waals surface area contributed by atoms with Gasteiger partial charge in [0.1, 0.15) is 5.72 Å². The van der Waals surface area contributed by atoms with Crippen molar-refractivity contribution in [3.8, 4) is 0 Å². The second-order valence-corrected chi connectivity index (χ2v) is 6.88. The number of aliphatic carboxylic acids is 1. The summed E-state index contributed by atoms with van der Waals surface area (Å²) in [7, 11) is 0. The third-order valence-electron chi connectivity index (χ3n) is 4.51. The van der Waals surface area contributed by atoms with E-state index >= 15 is 0 Å². The highest BCUT2D eigenvalue weighted by Crippen LogP contribution is 2.41. The van der Waals surface area contributed by atoms with Gasteiger partial charge in [-0.3, -0.25) is 9.69 Å². The van der Waals surface area contributed by atoms with Gasteiger partial charge in [-0.25, -0.2) is 4.79 Å². The lowest BCUT2D eigenvalue weighted by Gasteiger charge is -2.41. The zero-order valence-electron chi connectivity index (χ0n) is 12.4. The van der Waals surface area contributed by atoms with Gasteiger partial charge < -0.3 is 9.84 Å². The van der Waals surface area contributed by atoms with E-state index < -0.39 is 23.6 Å². The number of rotatable bonds is 2. The van der Waals surface area contributed by atoms with Gasteiger partial charge in [0.05, 0.1) is 6.61 Å². The van der Waals surface area contributed by atoms with Gasteiger partial charge in [-0.1, -0.05) is 29.6 Å². The molecule has 2 fully saturated rings. The number of halogens is 2. The Bertz CT molecular complexity index is 623. The van der Waals surface area contributed by atoms with Crippen LogP contribution in [0.25, 0.3) is 0 Å². The maximum atomic E-state index is 13.0. The van der Waals surface area contributed by atoms with Crippen LogP contribution in [0.3, 0.4) is 0 Å². The van der Waals surface area contributed by atoms with Crippen LogP contribution in [0.1, 0.15) is 42.5 Å². The first-order chi connectivity index (χ1) is 10.9. The van der Waals surface area contributed by atoms with Gasteiger partial charge in [-0.15, -0.1) is 0 Å². The molecule has 1 aliphatic carbocycles. The van der Waals surface area contributed by atoms with E-state index in [4.69, 9.17) is 27.9 Å². The average Bonchev–Trinajstić information content (AvgIpc) is 2.85. The van der Waals surface area contributed by atoms with E-state index in [-0.39, 0.29) is 12.2 Å². The fraction of sp³-hybridized carbons (Fsp3) is 0.500. The van der Waals surface area contributed by atoms with Crippen molar-refractivity contribution in [2.24, 2.45) is 0 Å². The monoisotopic (exact) mass is 357 g/mol. The molecule has 1 aromatic rings. The zero-order chi connectivity index (χ0) is 16.6. The summed E-state index contributed by atoms with van der Waals surface area (Å²) in [5.74, 6) is -1.46. The molecule has 1 saturated heterocycles. The summed E-state index contributed by atoms with van der Waals surface area (Å²) in [6, 6.07) is 3.55. The van der Waals surface area contributed by atoms with Crippen molar-refractivity contribution >= 4 is 35.1 Å². The molecule has 1 atom stereocenters. The molecule has 23 heavy (non-hydrogen) atoms. The maximum Gasteiger partial charge on any atom is 0.328 e. The first kappa shape index (κ1) is 16.6. The predicted molar refractivity (Wildman–Crippen MR) is 85.8 cm³/mol. The summed E-state index contributed by atoms with van der Waals surface area (Å²) in [6.45, 7) is 0.00930. The molecule has 1 amide bonds. The van der Waals surface area contributed by atoms with Crippen LogP contribution in [0.15, 0.2) is 18.2 Å². The first-order valence-electron chi connectivity index (χ1n) is 7.59. The number of carboxylic acid groups (broad SMARTS) is 1. The van der Waals surface area contributed by atoms with Crippen molar-refractivity contribution < 1.29 is 19.4 Å². The second kappa shape index (κ2) is 6.30. The average molecular weight is 358 g/mol. The van der Waals surface area contributed by atoms with Gasteiger partial charge >= 0.3 is 5.97 Å². The highest BCUT2D eigenvalue weighted by molar-refractivity contribution is 6.35. The van der Waals surface area contributed by atoms with E-state index in [0.29, 0.717) is 22.9 Å². The van der Waals surface area contributed by atoms with E-state index in [2.05, 4.69) is 0 Å². The number of ether oxygens (including phenoxy) is 1. The minimum absolute atomic E-state index is 0.00930. The number of nitrogens with zero attached hydrogens (tertiary/aromatic N) is 1. The van der Waals surface area contributed by atoms with Crippen LogP contribution in [0, 0.1) is 0 Å². The van der Waals surface area contributed by atoms with E-state index in [0.717, 1.165) is 19.3 Å². The molecule has 3 rings (SSSR count). The molecule has 2 aliphatic rings. The summed E-state index contributed by atoms with van der Waals surface area (Å²) in [4.78, 5) is 26.0. The molecule has 0 aromatic heterocycles. The number of carboxylic acids is 1. The van der Waals surface area contributed by atoms with Gasteiger partial charge in [-0.05, 0) is 43.9 Å². The number of carbonyl (C=O) groups excluding carboxylic acids is 1. The standard InChI is InChI=1S/C16H17Cl2NO4/c17-11-6-10(7-12(18)8-11)14(20)19-13(15(21)22)9-23-16(19)4-2-1-3-5-16/h6-8,13H,1-5,9H2,(H,21,22)/t13-/m0/s1. The molecule has 0 bridgehead atoms. The van der Waals surface area contributed by atoms with Gasteiger partial charge in [0.2, 0.25) is 0 Å². The Morgan fingerprint density at radius 2 is 1.74 bits per heavy atom. The second-order valence-electron chi connectivity index (χ2n) is 6.01. The predicted octanol–water partition coefficient (Wildman–Crippen LogP) is 3.58. The summed E-state index contributed by atoms with van der Waals surface area (Å²) < 4.78 is 5.83. The highest BCUT2D eigenvalue weighted by atomic mass is 35.5. The van der Waals surface area contributed by atoms with Crippen LogP contribution < -0.4 is 0 Å². The van der Waals surface area contributed by atoms with Gasteiger partial charge in [0.25, 0.3) is 5.91 Å². The molecule has 1 aromatic carbocycles. The Hall–Kier alpha value is -1.30. The molecule has 0 unspecified atom stereocenters. The lowest BCUT2D eigenvalue weighted by molar-refractivity contribution is -0.143. The van der Waals surface area contributed by atoms with Crippen molar-refractivity contribution in [2.45, 2.75) is 43.9 Å². The Morgan fingerprint density at radius 3 is 2.30 bits per heavy atom. The van der Waals surface area contributed by atoms with Gasteiger partial charge in [0.15, 0.2) is 6.04 Å². The summed E-state index contributed by atoms with van der Waals surface area (Å²) in [6.07, 6.45) is 4.18. The Morgan fingerprint density at radius 1 is 1.13 bits per heavy atom. The van der Waals surface area contributed by atoms with Gasteiger partial charge in [0, 0.05) is 15.6 Å². The number of amides is 1. The van der Waals surface area contributed by atoms with Crippen LogP contribution in [0.2, 0.25) is 10.0 Å². The fourth-order valence-electron chi connectivity index (χ4n) is 3.48. The van der Waals surface area contributed by atoms with Crippen molar-refractivity contribution in [1.82, 2.24) is 4.90 Å². The quantitative estimate of drug-likeness (QED) is 0.878. The Kier molecular flexibility index (Phi) is 4.54. The normalized spacial score (nSPS) is 23.2. The largest absolute Gasteiger partial charge is 0.480 e. The van der Waals surface area contributed by atoms with Crippen LogP contribution in [0.4, 0.5) is 0 Å². The maximum absolute atomic E-state index is 13.0. The lowest BCUT2D eigenvalue weighted by atomic mass is 9.89. The molecular weight excluding hydrogens is 341 g/mol. The SMILES string of the molecule is O=C(O)[C@@H]1COC2(CCCCC2)N1C(=O)c1cc(Cl)cc(Cl)c1. The third-order valence-corrected chi connectivity index (χ3v) is 4.95. The topological polar surface area (TPSA) is 66.8 Å². The lowest BCUT2D eigenvalue weighted by Crippen LogP contribution is -2.54. The van der Waals surface area contributed by atoms with Crippen molar-refractivity contribution in [1.29, 1.82) is 0 Å². The molecule has 1 heterocycles. The van der Waals surface area contributed by atoms with Crippen LogP contribution >= 0.6 is 23.2 Å². The van der Waals surface area contributed by atoms with Crippen LogP contribution in [-0.2, 0) is 9.53 Å². The van der Waals surface area contributed by atoms with E-state index in [9.17, 15) is 14.7 Å². The summed E-state index contributed by atoms with van der Waals surface area (Å²) in [5.41, 5.74) is -0.545. The number of carbonyl (C=O) groups is 2. The third kappa shape index (κ3) is 3.05. The Labute approximate surface area is 144 Å². The minimum Gasteiger partial charge on any atom is -0.480 e. The molecule has 5 nitrogen and oxygen atoms in total. The molecule has 0 radical (unpaired) electrons. The summed E-state index contributed by atoms with van der Waals surface area (Å²) >= 11 is 11.9. The highest BCUT2D eigenvalue weighted by Gasteiger charge is 2.53. The number of hydrogen-bond donors (Lipinski definition) is 1. The molecule has 1 spiro atoms. The molecule has 7 heteroatoms. The van der Waals surface area contributed by atoms with E-state index in [1.807, 2.05) is 0 Å². The van der Waals surface area contributed by atoms with Crippen molar-refractivity contribution in [3.63, 3.8) is 0 Å². The number of hydrogen-bond acceptors (Lipinski definition) is 3. The first-order valence-corrected chi connectivity index (χ1v) is 8.35. The zero-order valence-corrected chi connectivity index (χ0v) is 13.9.